The number of nitriles is 1. The Kier molecular flexibility index (Phi) is 6.20. The second kappa shape index (κ2) is 9.59. The molecule has 1 saturated heterocycles. The van der Waals surface area contributed by atoms with Crippen molar-refractivity contribution >= 4 is 11.3 Å². The highest BCUT2D eigenvalue weighted by Gasteiger charge is 2.19. The number of hydrogen-bond donors (Lipinski definition) is 0. The van der Waals surface area contributed by atoms with Gasteiger partial charge in [-0.3, -0.25) is 9.58 Å². The van der Waals surface area contributed by atoms with Gasteiger partial charge in [0.2, 0.25) is 0 Å². The molecule has 0 unspecified atom stereocenters. The number of piperazine rings is 1. The van der Waals surface area contributed by atoms with Crippen LogP contribution in [0.25, 0.3) is 28.0 Å². The monoisotopic (exact) mass is 457 g/mol. The number of aryl methyl sites for hydroxylation is 1. The summed E-state index contributed by atoms with van der Waals surface area (Å²) in [7, 11) is 1.87. The summed E-state index contributed by atoms with van der Waals surface area (Å²) in [5.74, 6) is 0.946. The molecule has 10 nitrogen and oxygen atoms in total. The van der Waals surface area contributed by atoms with Crippen molar-refractivity contribution in [1.82, 2.24) is 34.3 Å². The van der Waals surface area contributed by atoms with Crippen LogP contribution in [-0.2, 0) is 11.8 Å². The molecule has 0 atom stereocenters. The Hall–Kier alpha value is -3.81. The summed E-state index contributed by atoms with van der Waals surface area (Å²) < 4.78 is 8.92. The predicted molar refractivity (Wildman–Crippen MR) is 128 cm³/mol. The average Bonchev–Trinajstić information content (AvgIpc) is 3.50. The molecule has 0 spiro atoms. The summed E-state index contributed by atoms with van der Waals surface area (Å²) in [6.45, 7) is 8.38. The number of pyridine rings is 1. The Labute approximate surface area is 198 Å². The molecule has 34 heavy (non-hydrogen) atoms. The lowest BCUT2D eigenvalue weighted by Gasteiger charge is -2.35. The molecule has 4 aromatic heterocycles. The zero-order chi connectivity index (χ0) is 23.5. The van der Waals surface area contributed by atoms with Gasteiger partial charge in [0.1, 0.15) is 23.0 Å². The number of anilines is 1. The zero-order valence-corrected chi connectivity index (χ0v) is 19.4. The molecule has 5 heterocycles. The molecule has 0 bridgehead atoms. The van der Waals surface area contributed by atoms with Crippen LogP contribution in [-0.4, -0.2) is 80.2 Å². The van der Waals surface area contributed by atoms with E-state index in [2.05, 4.69) is 26.1 Å². The highest BCUT2D eigenvalue weighted by Crippen LogP contribution is 2.29. The van der Waals surface area contributed by atoms with E-state index in [-0.39, 0.29) is 0 Å². The van der Waals surface area contributed by atoms with Crippen molar-refractivity contribution in [2.24, 2.45) is 7.05 Å². The number of hydrogen-bond acceptors (Lipinski definition) is 8. The van der Waals surface area contributed by atoms with E-state index < -0.39 is 0 Å². The number of aromatic nitrogens is 6. The van der Waals surface area contributed by atoms with E-state index in [1.807, 2.05) is 44.7 Å². The van der Waals surface area contributed by atoms with Crippen LogP contribution in [0.5, 0.6) is 0 Å². The first-order valence-corrected chi connectivity index (χ1v) is 11.4. The van der Waals surface area contributed by atoms with Crippen LogP contribution < -0.4 is 4.90 Å². The van der Waals surface area contributed by atoms with Crippen LogP contribution in [0.3, 0.4) is 0 Å². The van der Waals surface area contributed by atoms with Crippen molar-refractivity contribution in [1.29, 1.82) is 5.26 Å². The minimum atomic E-state index is 0.479. The SMILES string of the molecule is CCOCCN1CCN(c2ccc(-c3nc(-c4cnn(C)c4)cn4ncc(C#N)c34)cn2)CC1. The molecule has 0 aromatic carbocycles. The maximum absolute atomic E-state index is 9.61. The number of nitrogens with zero attached hydrogens (tertiary/aromatic N) is 9. The van der Waals surface area contributed by atoms with E-state index >= 15 is 0 Å². The van der Waals surface area contributed by atoms with Gasteiger partial charge in [0.25, 0.3) is 0 Å². The molecule has 0 amide bonds. The molecule has 1 fully saturated rings. The van der Waals surface area contributed by atoms with Crippen molar-refractivity contribution in [3.05, 3.63) is 48.7 Å². The smallest absolute Gasteiger partial charge is 0.128 e. The molecule has 10 heteroatoms. The van der Waals surface area contributed by atoms with Gasteiger partial charge < -0.3 is 9.64 Å². The van der Waals surface area contributed by atoms with Crippen molar-refractivity contribution in [2.75, 3.05) is 50.8 Å². The molecule has 5 rings (SSSR count). The van der Waals surface area contributed by atoms with Gasteiger partial charge in [-0.05, 0) is 19.1 Å². The first-order chi connectivity index (χ1) is 16.7. The zero-order valence-electron chi connectivity index (χ0n) is 19.4. The molecule has 0 N–H and O–H groups in total. The second-order valence-electron chi connectivity index (χ2n) is 8.27. The van der Waals surface area contributed by atoms with Crippen LogP contribution in [0, 0.1) is 11.3 Å². The quantitative estimate of drug-likeness (QED) is 0.390. The molecular formula is C24H27N9O. The average molecular weight is 458 g/mol. The summed E-state index contributed by atoms with van der Waals surface area (Å²) in [5.41, 5.74) is 4.28. The second-order valence-corrected chi connectivity index (χ2v) is 8.27. The summed E-state index contributed by atoms with van der Waals surface area (Å²) in [6, 6.07) is 6.28. The minimum Gasteiger partial charge on any atom is -0.380 e. The summed E-state index contributed by atoms with van der Waals surface area (Å²) in [5, 5.41) is 18.2. The van der Waals surface area contributed by atoms with Gasteiger partial charge in [0.15, 0.2) is 0 Å². The lowest BCUT2D eigenvalue weighted by Crippen LogP contribution is -2.47. The molecule has 1 aliphatic rings. The number of rotatable bonds is 7. The first-order valence-electron chi connectivity index (χ1n) is 11.4. The van der Waals surface area contributed by atoms with Gasteiger partial charge in [0.05, 0.1) is 36.6 Å². The van der Waals surface area contributed by atoms with Gasteiger partial charge in [-0.25, -0.2) is 14.5 Å². The summed E-state index contributed by atoms with van der Waals surface area (Å²) in [6.07, 6.45) is 8.90. The van der Waals surface area contributed by atoms with E-state index in [9.17, 15) is 5.26 Å². The number of ether oxygens (including phenoxy) is 1. The molecule has 0 saturated carbocycles. The Balaban J connectivity index is 1.41. The summed E-state index contributed by atoms with van der Waals surface area (Å²) >= 11 is 0. The molecule has 0 radical (unpaired) electrons. The van der Waals surface area contributed by atoms with E-state index in [1.165, 1.54) is 0 Å². The molecule has 4 aromatic rings. The topological polar surface area (TPSA) is 100 Å². The Morgan fingerprint density at radius 1 is 1.03 bits per heavy atom. The van der Waals surface area contributed by atoms with Crippen LogP contribution >= 0.6 is 0 Å². The van der Waals surface area contributed by atoms with Crippen LogP contribution in [0.2, 0.25) is 0 Å². The van der Waals surface area contributed by atoms with E-state index in [1.54, 1.807) is 21.6 Å². The van der Waals surface area contributed by atoms with Crippen molar-refractivity contribution in [3.63, 3.8) is 0 Å². The largest absolute Gasteiger partial charge is 0.380 e. The Morgan fingerprint density at radius 3 is 2.56 bits per heavy atom. The standard InChI is InChI=1S/C24H27N9O/c1-3-34-11-10-31-6-8-32(9-7-31)22-5-4-18(13-26-22)23-24-19(12-25)14-28-33(24)17-21(29-23)20-15-27-30(2)16-20/h4-5,13-17H,3,6-11H2,1-2H3. The lowest BCUT2D eigenvalue weighted by atomic mass is 10.1. The molecule has 174 valence electrons. The highest BCUT2D eigenvalue weighted by atomic mass is 16.5. The van der Waals surface area contributed by atoms with Gasteiger partial charge in [-0.2, -0.15) is 15.5 Å². The van der Waals surface area contributed by atoms with E-state index in [0.29, 0.717) is 16.8 Å². The molecule has 0 aliphatic carbocycles. The fourth-order valence-electron chi connectivity index (χ4n) is 4.24. The molecular weight excluding hydrogens is 430 g/mol. The third-order valence-electron chi connectivity index (χ3n) is 6.09. The fraction of sp³-hybridized carbons (Fsp3) is 0.375. The van der Waals surface area contributed by atoms with Gasteiger partial charge in [-0.1, -0.05) is 0 Å². The predicted octanol–water partition coefficient (Wildman–Crippen LogP) is 2.22. The van der Waals surface area contributed by atoms with Crippen molar-refractivity contribution < 1.29 is 4.74 Å². The van der Waals surface area contributed by atoms with Gasteiger partial charge in [-0.15, -0.1) is 0 Å². The lowest BCUT2D eigenvalue weighted by molar-refractivity contribution is 0.111. The first kappa shape index (κ1) is 22.0. The van der Waals surface area contributed by atoms with E-state index in [4.69, 9.17) is 14.7 Å². The van der Waals surface area contributed by atoms with Gasteiger partial charge in [0, 0.05) is 69.9 Å². The number of fused-ring (bicyclic) bond motifs is 1. The Morgan fingerprint density at radius 2 is 1.88 bits per heavy atom. The van der Waals surface area contributed by atoms with Crippen molar-refractivity contribution in [3.8, 4) is 28.6 Å². The summed E-state index contributed by atoms with van der Waals surface area (Å²) in [4.78, 5) is 14.4. The normalized spacial score (nSPS) is 14.6. The maximum atomic E-state index is 9.61. The third kappa shape index (κ3) is 4.35. The molecule has 1 aliphatic heterocycles. The fourth-order valence-corrected chi connectivity index (χ4v) is 4.24. The Bertz CT molecular complexity index is 1310. The van der Waals surface area contributed by atoms with Crippen molar-refractivity contribution in [2.45, 2.75) is 6.92 Å². The third-order valence-corrected chi connectivity index (χ3v) is 6.09. The highest BCUT2D eigenvalue weighted by molar-refractivity contribution is 5.83. The van der Waals surface area contributed by atoms with Crippen LogP contribution in [0.15, 0.2) is 43.1 Å². The minimum absolute atomic E-state index is 0.479. The van der Waals surface area contributed by atoms with Gasteiger partial charge >= 0.3 is 0 Å². The van der Waals surface area contributed by atoms with Crippen LogP contribution in [0.4, 0.5) is 5.82 Å². The van der Waals surface area contributed by atoms with Crippen LogP contribution in [0.1, 0.15) is 12.5 Å². The maximum Gasteiger partial charge on any atom is 0.128 e. The van der Waals surface area contributed by atoms with E-state index in [0.717, 1.165) is 68.6 Å².